The molecule has 1 amide bonds. The van der Waals surface area contributed by atoms with Crippen LogP contribution in [0.1, 0.15) is 19.3 Å². The summed E-state index contributed by atoms with van der Waals surface area (Å²) in [5, 5.41) is 3.27. The number of hydrogen-bond donors (Lipinski definition) is 1. The highest BCUT2D eigenvalue weighted by Gasteiger charge is 2.23. The maximum atomic E-state index is 12.2. The molecule has 0 unspecified atom stereocenters. The van der Waals surface area contributed by atoms with Gasteiger partial charge in [0.1, 0.15) is 18.1 Å². The van der Waals surface area contributed by atoms with E-state index in [-0.39, 0.29) is 24.4 Å². The van der Waals surface area contributed by atoms with Crippen molar-refractivity contribution in [3.05, 3.63) is 24.3 Å². The molecular formula is C16H25ClN2O3. The summed E-state index contributed by atoms with van der Waals surface area (Å²) in [6.45, 7) is 2.01. The van der Waals surface area contributed by atoms with Crippen molar-refractivity contribution in [2.24, 2.45) is 0 Å². The number of rotatable bonds is 6. The topological polar surface area (TPSA) is 50.8 Å². The minimum atomic E-state index is -0.0234. The smallest absolute Gasteiger partial charge is 0.239 e. The molecule has 6 heteroatoms. The number of likely N-dealkylation sites (N-methyl/N-ethyl adjacent to an activating group) is 1. The van der Waals surface area contributed by atoms with Crippen LogP contribution in [0.3, 0.4) is 0 Å². The summed E-state index contributed by atoms with van der Waals surface area (Å²) < 4.78 is 10.7. The van der Waals surface area contributed by atoms with Gasteiger partial charge in [-0.1, -0.05) is 6.42 Å². The number of halogens is 1. The minimum absolute atomic E-state index is 0. The Morgan fingerprint density at radius 3 is 2.55 bits per heavy atom. The Morgan fingerprint density at radius 1 is 1.27 bits per heavy atom. The molecule has 1 aromatic carbocycles. The first kappa shape index (κ1) is 18.6. The highest BCUT2D eigenvalue weighted by Crippen LogP contribution is 2.17. The molecule has 1 N–H and O–H groups in total. The third kappa shape index (κ3) is 5.39. The first-order valence-corrected chi connectivity index (χ1v) is 7.46. The molecule has 0 spiro atoms. The van der Waals surface area contributed by atoms with Gasteiger partial charge in [0.25, 0.3) is 0 Å². The van der Waals surface area contributed by atoms with E-state index in [0.717, 1.165) is 37.3 Å². The van der Waals surface area contributed by atoms with E-state index < -0.39 is 0 Å². The van der Waals surface area contributed by atoms with Crippen molar-refractivity contribution in [3.63, 3.8) is 0 Å². The van der Waals surface area contributed by atoms with Crippen molar-refractivity contribution in [2.75, 3.05) is 33.9 Å². The van der Waals surface area contributed by atoms with Crippen LogP contribution < -0.4 is 14.8 Å². The Bertz CT molecular complexity index is 447. The number of ether oxygens (including phenoxy) is 2. The maximum absolute atomic E-state index is 12.2. The Labute approximate surface area is 138 Å². The predicted molar refractivity (Wildman–Crippen MR) is 89.0 cm³/mol. The highest BCUT2D eigenvalue weighted by atomic mass is 35.5. The van der Waals surface area contributed by atoms with Gasteiger partial charge in [-0.2, -0.15) is 0 Å². The van der Waals surface area contributed by atoms with Gasteiger partial charge < -0.3 is 19.7 Å². The SMILES string of the molecule is COc1ccc(OCCN(C)C(=O)[C@@H]2CCCCN2)cc1.Cl. The van der Waals surface area contributed by atoms with Crippen molar-refractivity contribution in [3.8, 4) is 11.5 Å². The van der Waals surface area contributed by atoms with Crippen LogP contribution in [-0.2, 0) is 4.79 Å². The van der Waals surface area contributed by atoms with Crippen LogP contribution in [-0.4, -0.2) is 50.7 Å². The summed E-state index contributed by atoms with van der Waals surface area (Å²) in [5.41, 5.74) is 0. The summed E-state index contributed by atoms with van der Waals surface area (Å²) in [6.07, 6.45) is 3.22. The van der Waals surface area contributed by atoms with Crippen molar-refractivity contribution >= 4 is 18.3 Å². The van der Waals surface area contributed by atoms with E-state index in [2.05, 4.69) is 5.32 Å². The van der Waals surface area contributed by atoms with Crippen molar-refractivity contribution < 1.29 is 14.3 Å². The highest BCUT2D eigenvalue weighted by molar-refractivity contribution is 5.85. The van der Waals surface area contributed by atoms with E-state index >= 15 is 0 Å². The third-order valence-corrected chi connectivity index (χ3v) is 3.74. The summed E-state index contributed by atoms with van der Waals surface area (Å²) in [6, 6.07) is 7.42. The standard InChI is InChI=1S/C16H24N2O3.ClH/c1-18(16(19)15-5-3-4-10-17-15)11-12-21-14-8-6-13(20-2)7-9-14;/h6-9,15,17H,3-5,10-12H2,1-2H3;1H/t15-;/m0./s1. The molecule has 0 aromatic heterocycles. The van der Waals surface area contributed by atoms with Gasteiger partial charge >= 0.3 is 0 Å². The van der Waals surface area contributed by atoms with Gasteiger partial charge in [0.2, 0.25) is 5.91 Å². The second kappa shape index (κ2) is 9.54. The molecular weight excluding hydrogens is 304 g/mol. The number of carbonyl (C=O) groups is 1. The van der Waals surface area contributed by atoms with E-state index in [9.17, 15) is 4.79 Å². The number of methoxy groups -OCH3 is 1. The number of piperidine rings is 1. The molecule has 1 aliphatic heterocycles. The Kier molecular flexibility index (Phi) is 8.06. The van der Waals surface area contributed by atoms with Crippen LogP contribution in [0.4, 0.5) is 0 Å². The molecule has 0 saturated carbocycles. The minimum Gasteiger partial charge on any atom is -0.497 e. The van der Waals surface area contributed by atoms with Gasteiger partial charge in [-0.25, -0.2) is 0 Å². The van der Waals surface area contributed by atoms with E-state index in [1.54, 1.807) is 12.0 Å². The van der Waals surface area contributed by atoms with E-state index in [4.69, 9.17) is 9.47 Å². The molecule has 0 radical (unpaired) electrons. The molecule has 5 nitrogen and oxygen atoms in total. The average Bonchev–Trinajstić information content (AvgIpc) is 2.55. The maximum Gasteiger partial charge on any atom is 0.239 e. The molecule has 1 aliphatic rings. The normalized spacial score (nSPS) is 17.3. The van der Waals surface area contributed by atoms with Crippen LogP contribution in [0.5, 0.6) is 11.5 Å². The van der Waals surface area contributed by atoms with Crippen molar-refractivity contribution in [1.29, 1.82) is 0 Å². The predicted octanol–water partition coefficient (Wildman–Crippen LogP) is 2.10. The van der Waals surface area contributed by atoms with Crippen LogP contribution in [0.15, 0.2) is 24.3 Å². The first-order valence-electron chi connectivity index (χ1n) is 7.46. The molecule has 0 aliphatic carbocycles. The second-order valence-corrected chi connectivity index (χ2v) is 5.29. The summed E-state index contributed by atoms with van der Waals surface area (Å²) in [7, 11) is 3.46. The lowest BCUT2D eigenvalue weighted by molar-refractivity contribution is -0.133. The lowest BCUT2D eigenvalue weighted by atomic mass is 10.0. The fraction of sp³-hybridized carbons (Fsp3) is 0.562. The molecule has 124 valence electrons. The molecule has 1 atom stereocenters. The zero-order valence-electron chi connectivity index (χ0n) is 13.2. The third-order valence-electron chi connectivity index (χ3n) is 3.74. The van der Waals surface area contributed by atoms with Crippen LogP contribution >= 0.6 is 12.4 Å². The first-order chi connectivity index (χ1) is 10.2. The number of benzene rings is 1. The fourth-order valence-corrected chi connectivity index (χ4v) is 2.41. The summed E-state index contributed by atoms with van der Waals surface area (Å²) in [4.78, 5) is 14.0. The van der Waals surface area contributed by atoms with Gasteiger partial charge in [-0.3, -0.25) is 4.79 Å². The lowest BCUT2D eigenvalue weighted by Gasteiger charge is -2.27. The van der Waals surface area contributed by atoms with Gasteiger partial charge in [0, 0.05) is 7.05 Å². The van der Waals surface area contributed by atoms with E-state index in [1.165, 1.54) is 0 Å². The summed E-state index contributed by atoms with van der Waals surface area (Å²) in [5.74, 6) is 1.75. The Balaban J connectivity index is 0.00000242. The fourth-order valence-electron chi connectivity index (χ4n) is 2.41. The van der Waals surface area contributed by atoms with Crippen molar-refractivity contribution in [1.82, 2.24) is 10.2 Å². The number of nitrogens with one attached hydrogen (secondary N) is 1. The Morgan fingerprint density at radius 2 is 1.95 bits per heavy atom. The molecule has 1 fully saturated rings. The zero-order chi connectivity index (χ0) is 15.1. The van der Waals surface area contributed by atoms with Crippen LogP contribution in [0.2, 0.25) is 0 Å². The van der Waals surface area contributed by atoms with Gasteiger partial charge in [-0.05, 0) is 43.7 Å². The van der Waals surface area contributed by atoms with Gasteiger partial charge in [-0.15, -0.1) is 12.4 Å². The molecule has 1 heterocycles. The zero-order valence-corrected chi connectivity index (χ0v) is 14.0. The molecule has 1 aromatic rings. The molecule has 22 heavy (non-hydrogen) atoms. The number of carbonyl (C=O) groups excluding carboxylic acids is 1. The quantitative estimate of drug-likeness (QED) is 0.869. The van der Waals surface area contributed by atoms with E-state index in [1.807, 2.05) is 31.3 Å². The van der Waals surface area contributed by atoms with Crippen molar-refractivity contribution in [2.45, 2.75) is 25.3 Å². The molecule has 0 bridgehead atoms. The second-order valence-electron chi connectivity index (χ2n) is 5.29. The van der Waals surface area contributed by atoms with E-state index in [0.29, 0.717) is 13.2 Å². The molecule has 1 saturated heterocycles. The lowest BCUT2D eigenvalue weighted by Crippen LogP contribution is -2.48. The molecule has 2 rings (SSSR count). The summed E-state index contributed by atoms with van der Waals surface area (Å²) >= 11 is 0. The van der Waals surface area contributed by atoms with Gasteiger partial charge in [0.15, 0.2) is 0 Å². The number of nitrogens with zero attached hydrogens (tertiary/aromatic N) is 1. The van der Waals surface area contributed by atoms with Crippen LogP contribution in [0, 0.1) is 0 Å². The van der Waals surface area contributed by atoms with Crippen LogP contribution in [0.25, 0.3) is 0 Å². The number of amides is 1. The Hall–Kier alpha value is -1.46. The largest absolute Gasteiger partial charge is 0.497 e. The van der Waals surface area contributed by atoms with Gasteiger partial charge in [0.05, 0.1) is 19.7 Å². The number of hydrogen-bond acceptors (Lipinski definition) is 4. The monoisotopic (exact) mass is 328 g/mol. The average molecular weight is 329 g/mol.